The molecule has 2 nitrogen and oxygen atoms in total. The van der Waals surface area contributed by atoms with Gasteiger partial charge in [0.05, 0.1) is 0 Å². The molecule has 16 heavy (non-hydrogen) atoms. The fourth-order valence-electron chi connectivity index (χ4n) is 1.71. The van der Waals surface area contributed by atoms with Gasteiger partial charge in [-0.2, -0.15) is 0 Å². The van der Waals surface area contributed by atoms with E-state index in [0.29, 0.717) is 17.3 Å². The second-order valence-corrected chi connectivity index (χ2v) is 5.54. The summed E-state index contributed by atoms with van der Waals surface area (Å²) in [5.74, 6) is 0.366. The van der Waals surface area contributed by atoms with E-state index in [4.69, 9.17) is 17.3 Å². The Morgan fingerprint density at radius 3 is 2.44 bits per heavy atom. The van der Waals surface area contributed by atoms with E-state index in [1.54, 1.807) is 0 Å². The molecule has 0 aliphatic heterocycles. The number of rotatable bonds is 3. The van der Waals surface area contributed by atoms with Crippen LogP contribution in [0.1, 0.15) is 38.3 Å². The molecule has 0 fully saturated rings. The Bertz CT molecular complexity index is 369. The lowest BCUT2D eigenvalue weighted by Crippen LogP contribution is -2.12. The Hall–Kier alpha value is -0.730. The summed E-state index contributed by atoms with van der Waals surface area (Å²) in [6, 6.07) is 3.66. The molecule has 0 heterocycles. The summed E-state index contributed by atoms with van der Waals surface area (Å²) in [5, 5.41) is 10.9. The molecule has 1 aromatic carbocycles. The van der Waals surface area contributed by atoms with Crippen molar-refractivity contribution in [3.8, 4) is 5.75 Å². The van der Waals surface area contributed by atoms with E-state index < -0.39 is 0 Å². The van der Waals surface area contributed by atoms with Crippen LogP contribution >= 0.6 is 11.6 Å². The number of phenols is 1. The molecule has 0 radical (unpaired) electrons. The minimum absolute atomic E-state index is 0.105. The molecule has 0 saturated carbocycles. The largest absolute Gasteiger partial charge is 0.507 e. The predicted octanol–water partition coefficient (Wildman–Crippen LogP) is 3.23. The molecular formula is C13H20ClNO. The van der Waals surface area contributed by atoms with Crippen molar-refractivity contribution in [2.24, 2.45) is 5.73 Å². The summed E-state index contributed by atoms with van der Waals surface area (Å²) in [4.78, 5) is 0. The number of phenolic OH excluding ortho intramolecular Hbond substituents is 1. The Balaban J connectivity index is 3.16. The second kappa shape index (κ2) is 5.07. The summed E-state index contributed by atoms with van der Waals surface area (Å²) in [6.45, 7) is 6.80. The van der Waals surface area contributed by atoms with Crippen LogP contribution in [0.5, 0.6) is 5.75 Å². The Morgan fingerprint density at radius 1 is 1.31 bits per heavy atom. The molecule has 1 aromatic rings. The highest BCUT2D eigenvalue weighted by Gasteiger charge is 2.20. The van der Waals surface area contributed by atoms with Crippen molar-refractivity contribution < 1.29 is 5.11 Å². The van der Waals surface area contributed by atoms with Gasteiger partial charge in [-0.15, -0.1) is 0 Å². The van der Waals surface area contributed by atoms with Crippen molar-refractivity contribution in [2.45, 2.75) is 39.0 Å². The Kier molecular flexibility index (Phi) is 4.22. The van der Waals surface area contributed by atoms with Gasteiger partial charge >= 0.3 is 0 Å². The third kappa shape index (κ3) is 3.13. The summed E-state index contributed by atoms with van der Waals surface area (Å²) >= 11 is 6.06. The van der Waals surface area contributed by atoms with Gasteiger partial charge in [0, 0.05) is 10.6 Å². The van der Waals surface area contributed by atoms with E-state index >= 15 is 0 Å². The lowest BCUT2D eigenvalue weighted by Gasteiger charge is -2.22. The number of benzene rings is 1. The smallest absolute Gasteiger partial charge is 0.122 e. The molecule has 3 heteroatoms. The zero-order valence-electron chi connectivity index (χ0n) is 10.2. The van der Waals surface area contributed by atoms with Crippen LogP contribution in [0.4, 0.5) is 0 Å². The molecule has 0 amide bonds. The van der Waals surface area contributed by atoms with Gasteiger partial charge in [0.25, 0.3) is 0 Å². The van der Waals surface area contributed by atoms with Gasteiger partial charge in [0.1, 0.15) is 5.75 Å². The fourth-order valence-corrected chi connectivity index (χ4v) is 1.95. The van der Waals surface area contributed by atoms with Crippen LogP contribution in [0.3, 0.4) is 0 Å². The maximum atomic E-state index is 10.2. The number of halogens is 1. The van der Waals surface area contributed by atoms with Crippen LogP contribution in [-0.4, -0.2) is 11.7 Å². The van der Waals surface area contributed by atoms with E-state index in [9.17, 15) is 5.11 Å². The van der Waals surface area contributed by atoms with Crippen LogP contribution in [0.2, 0.25) is 5.02 Å². The lowest BCUT2D eigenvalue weighted by molar-refractivity contribution is 0.439. The van der Waals surface area contributed by atoms with Gasteiger partial charge in [-0.05, 0) is 42.5 Å². The monoisotopic (exact) mass is 241 g/mol. The zero-order valence-corrected chi connectivity index (χ0v) is 10.9. The van der Waals surface area contributed by atoms with Gasteiger partial charge < -0.3 is 10.8 Å². The van der Waals surface area contributed by atoms with E-state index in [1.807, 2.05) is 12.1 Å². The van der Waals surface area contributed by atoms with Crippen molar-refractivity contribution in [3.63, 3.8) is 0 Å². The number of hydrogen-bond acceptors (Lipinski definition) is 2. The number of aromatic hydroxyl groups is 1. The van der Waals surface area contributed by atoms with Gasteiger partial charge in [-0.3, -0.25) is 0 Å². The third-order valence-corrected chi connectivity index (χ3v) is 2.83. The molecule has 0 saturated heterocycles. The average Bonchev–Trinajstić information content (AvgIpc) is 2.17. The maximum absolute atomic E-state index is 10.2. The first kappa shape index (κ1) is 13.3. The lowest BCUT2D eigenvalue weighted by atomic mass is 9.84. The van der Waals surface area contributed by atoms with Gasteiger partial charge in [-0.25, -0.2) is 0 Å². The van der Waals surface area contributed by atoms with Gasteiger partial charge in [0.2, 0.25) is 0 Å². The average molecular weight is 242 g/mol. The van der Waals surface area contributed by atoms with Crippen LogP contribution in [0, 0.1) is 0 Å². The molecule has 0 aliphatic carbocycles. The highest BCUT2D eigenvalue weighted by molar-refractivity contribution is 6.30. The summed E-state index contributed by atoms with van der Waals surface area (Å²) in [7, 11) is 0. The van der Waals surface area contributed by atoms with Crippen LogP contribution in [0.15, 0.2) is 12.1 Å². The Morgan fingerprint density at radius 2 is 1.94 bits per heavy atom. The summed E-state index contributed by atoms with van der Waals surface area (Å²) in [6.07, 6.45) is 1.63. The van der Waals surface area contributed by atoms with Gasteiger partial charge in [-0.1, -0.05) is 32.4 Å². The molecular weight excluding hydrogens is 222 g/mol. The van der Waals surface area contributed by atoms with Crippen molar-refractivity contribution in [2.75, 3.05) is 6.54 Å². The predicted molar refractivity (Wildman–Crippen MR) is 69.2 cm³/mol. The summed E-state index contributed by atoms with van der Waals surface area (Å²) in [5.41, 5.74) is 7.16. The third-order valence-electron chi connectivity index (χ3n) is 2.61. The molecule has 0 unspecified atom stereocenters. The van der Waals surface area contributed by atoms with Crippen LogP contribution in [0.25, 0.3) is 0 Å². The van der Waals surface area contributed by atoms with E-state index in [2.05, 4.69) is 20.8 Å². The Labute approximate surface area is 102 Å². The van der Waals surface area contributed by atoms with Crippen molar-refractivity contribution >= 4 is 11.6 Å². The minimum atomic E-state index is -0.105. The second-order valence-electron chi connectivity index (χ2n) is 5.10. The van der Waals surface area contributed by atoms with E-state index in [1.165, 1.54) is 0 Å². The molecule has 0 bridgehead atoms. The molecule has 3 N–H and O–H groups in total. The van der Waals surface area contributed by atoms with Crippen LogP contribution < -0.4 is 5.73 Å². The molecule has 90 valence electrons. The topological polar surface area (TPSA) is 46.2 Å². The summed E-state index contributed by atoms with van der Waals surface area (Å²) < 4.78 is 0. The van der Waals surface area contributed by atoms with Crippen molar-refractivity contribution in [1.82, 2.24) is 0 Å². The first-order valence-electron chi connectivity index (χ1n) is 5.58. The fraction of sp³-hybridized carbons (Fsp3) is 0.538. The highest BCUT2D eigenvalue weighted by Crippen LogP contribution is 2.36. The molecule has 0 spiro atoms. The first-order valence-corrected chi connectivity index (χ1v) is 5.96. The van der Waals surface area contributed by atoms with Gasteiger partial charge in [0.15, 0.2) is 0 Å². The number of nitrogens with two attached hydrogens (primary N) is 1. The molecule has 0 atom stereocenters. The molecule has 0 aliphatic rings. The molecule has 0 aromatic heterocycles. The normalized spacial score (nSPS) is 11.8. The SMILES string of the molecule is CC(C)(C)c1cc(Cl)cc(CCCN)c1O. The van der Waals surface area contributed by atoms with Crippen molar-refractivity contribution in [1.29, 1.82) is 0 Å². The minimum Gasteiger partial charge on any atom is -0.507 e. The first-order chi connectivity index (χ1) is 7.36. The quantitative estimate of drug-likeness (QED) is 0.854. The highest BCUT2D eigenvalue weighted by atomic mass is 35.5. The number of hydrogen-bond donors (Lipinski definition) is 2. The van der Waals surface area contributed by atoms with E-state index in [0.717, 1.165) is 24.0 Å². The van der Waals surface area contributed by atoms with Crippen molar-refractivity contribution in [3.05, 3.63) is 28.3 Å². The molecule has 1 rings (SSSR count). The standard InChI is InChI=1S/C13H20ClNO/c1-13(2,3)11-8-10(14)7-9(12(11)16)5-4-6-15/h7-8,16H,4-6,15H2,1-3H3. The van der Waals surface area contributed by atoms with Crippen LogP contribution in [-0.2, 0) is 11.8 Å². The zero-order chi connectivity index (χ0) is 12.3. The maximum Gasteiger partial charge on any atom is 0.122 e. The van der Waals surface area contributed by atoms with E-state index in [-0.39, 0.29) is 5.41 Å². The number of aryl methyl sites for hydroxylation is 1.